The van der Waals surface area contributed by atoms with Gasteiger partial charge in [0.05, 0.1) is 11.8 Å². The average Bonchev–Trinajstić information content (AvgIpc) is 3.34. The molecule has 2 fully saturated rings. The molecule has 2 saturated heterocycles. The van der Waals surface area contributed by atoms with Crippen LogP contribution in [0, 0.1) is 23.3 Å². The number of aliphatic imine (C=N–C) groups is 1. The summed E-state index contributed by atoms with van der Waals surface area (Å²) in [7, 11) is 0. The Kier molecular flexibility index (Phi) is 6.89. The second-order valence-corrected chi connectivity index (χ2v) is 8.38. The van der Waals surface area contributed by atoms with Crippen LogP contribution in [-0.4, -0.2) is 59.0 Å². The van der Waals surface area contributed by atoms with Gasteiger partial charge in [0.1, 0.15) is 5.75 Å². The van der Waals surface area contributed by atoms with Crippen molar-refractivity contribution in [2.24, 2.45) is 16.8 Å². The van der Waals surface area contributed by atoms with Crippen LogP contribution in [0.25, 0.3) is 0 Å². The van der Waals surface area contributed by atoms with Crippen LogP contribution in [0.3, 0.4) is 0 Å². The Morgan fingerprint density at radius 2 is 1.61 bits per heavy atom. The van der Waals surface area contributed by atoms with Gasteiger partial charge in [0, 0.05) is 32.1 Å². The summed E-state index contributed by atoms with van der Waals surface area (Å²) in [6, 6.07) is 19.0. The van der Waals surface area contributed by atoms with Crippen molar-refractivity contribution in [3.63, 3.8) is 0 Å². The molecule has 33 heavy (non-hydrogen) atoms. The van der Waals surface area contributed by atoms with E-state index < -0.39 is 17.8 Å². The topological polar surface area (TPSA) is 106 Å². The van der Waals surface area contributed by atoms with Gasteiger partial charge in [-0.05, 0) is 30.5 Å². The quantitative estimate of drug-likeness (QED) is 0.440. The zero-order chi connectivity index (χ0) is 23.2. The van der Waals surface area contributed by atoms with E-state index in [1.807, 2.05) is 24.3 Å². The first-order valence-corrected chi connectivity index (χ1v) is 11.1. The van der Waals surface area contributed by atoms with Crippen molar-refractivity contribution in [2.45, 2.75) is 18.8 Å². The summed E-state index contributed by atoms with van der Waals surface area (Å²) < 4.78 is 5.75. The van der Waals surface area contributed by atoms with Crippen molar-refractivity contribution < 1.29 is 19.4 Å². The van der Waals surface area contributed by atoms with Crippen LogP contribution in [-0.2, 0) is 9.59 Å². The molecule has 0 radical (unpaired) electrons. The fourth-order valence-corrected chi connectivity index (χ4v) is 4.66. The van der Waals surface area contributed by atoms with E-state index in [9.17, 15) is 14.7 Å². The highest BCUT2D eigenvalue weighted by atomic mass is 16.5. The largest absolute Gasteiger partial charge is 0.481 e. The van der Waals surface area contributed by atoms with Gasteiger partial charge in [0.25, 0.3) is 0 Å². The first-order chi connectivity index (χ1) is 16.1. The molecule has 1 N–H and O–H groups in total. The molecule has 2 aromatic rings. The fraction of sp³-hybridized carbons (Fsp3) is 0.360. The SMILES string of the molecule is N#CN=C(Oc1ccccc1)N1CCC(C(=O)N2CC[C@H](c3ccccc3)C2)C(C(=O)O)C1. The number of aliphatic carboxylic acids is 1. The Morgan fingerprint density at radius 1 is 0.939 bits per heavy atom. The highest BCUT2D eigenvalue weighted by Gasteiger charge is 2.43. The van der Waals surface area contributed by atoms with Crippen molar-refractivity contribution in [1.82, 2.24) is 9.80 Å². The predicted octanol–water partition coefficient (Wildman–Crippen LogP) is 2.94. The van der Waals surface area contributed by atoms with Crippen LogP contribution in [0.4, 0.5) is 0 Å². The minimum Gasteiger partial charge on any atom is -0.481 e. The molecule has 8 heteroatoms. The number of nitrogens with zero attached hydrogens (tertiary/aromatic N) is 4. The number of hydrogen-bond acceptors (Lipinski definition) is 5. The molecule has 170 valence electrons. The molecular formula is C25H26N4O4. The van der Waals surface area contributed by atoms with Crippen molar-refractivity contribution in [3.05, 3.63) is 66.2 Å². The number of carboxylic acids is 1. The van der Waals surface area contributed by atoms with Gasteiger partial charge in [0.15, 0.2) is 0 Å². The molecule has 2 heterocycles. The third-order valence-electron chi connectivity index (χ3n) is 6.39. The Balaban J connectivity index is 1.44. The molecule has 2 unspecified atom stereocenters. The monoisotopic (exact) mass is 446 g/mol. The number of piperidine rings is 1. The Morgan fingerprint density at radius 3 is 2.27 bits per heavy atom. The van der Waals surface area contributed by atoms with Crippen molar-refractivity contribution >= 4 is 17.9 Å². The number of amides is 1. The second-order valence-electron chi connectivity index (χ2n) is 8.38. The van der Waals surface area contributed by atoms with E-state index in [4.69, 9.17) is 10.00 Å². The Hall–Kier alpha value is -3.86. The van der Waals surface area contributed by atoms with E-state index >= 15 is 0 Å². The molecule has 0 bridgehead atoms. The third-order valence-corrected chi connectivity index (χ3v) is 6.39. The summed E-state index contributed by atoms with van der Waals surface area (Å²) >= 11 is 0. The minimum atomic E-state index is -1.03. The Bertz CT molecular complexity index is 1050. The summed E-state index contributed by atoms with van der Waals surface area (Å²) in [6.45, 7) is 1.66. The van der Waals surface area contributed by atoms with Gasteiger partial charge in [-0.3, -0.25) is 9.59 Å². The maximum absolute atomic E-state index is 13.3. The summed E-state index contributed by atoms with van der Waals surface area (Å²) in [4.78, 5) is 32.6. The highest BCUT2D eigenvalue weighted by Crippen LogP contribution is 2.32. The van der Waals surface area contributed by atoms with Gasteiger partial charge in [-0.25, -0.2) is 0 Å². The van der Waals surface area contributed by atoms with Crippen molar-refractivity contribution in [1.29, 1.82) is 5.26 Å². The number of hydrogen-bond donors (Lipinski definition) is 1. The molecule has 3 atom stereocenters. The van der Waals surface area contributed by atoms with Crippen molar-refractivity contribution in [3.8, 4) is 11.9 Å². The van der Waals surface area contributed by atoms with E-state index in [2.05, 4.69) is 17.1 Å². The van der Waals surface area contributed by atoms with E-state index in [1.165, 1.54) is 5.56 Å². The molecule has 2 aromatic carbocycles. The molecule has 0 spiro atoms. The molecule has 2 aliphatic heterocycles. The number of para-hydroxylation sites is 1. The molecule has 2 aliphatic rings. The summed E-state index contributed by atoms with van der Waals surface area (Å²) in [6.07, 6.45) is 2.95. The Labute approximate surface area is 192 Å². The van der Waals surface area contributed by atoms with E-state index in [0.717, 1.165) is 6.42 Å². The molecule has 0 aromatic heterocycles. The number of carboxylic acid groups (broad SMARTS) is 1. The number of nitriles is 1. The average molecular weight is 447 g/mol. The van der Waals surface area contributed by atoms with Crippen LogP contribution in [0.5, 0.6) is 5.75 Å². The molecule has 0 saturated carbocycles. The van der Waals surface area contributed by atoms with E-state index in [1.54, 1.807) is 40.3 Å². The lowest BCUT2D eigenvalue weighted by atomic mass is 9.84. The molecular weight excluding hydrogens is 420 g/mol. The highest BCUT2D eigenvalue weighted by molar-refractivity contribution is 5.86. The van der Waals surface area contributed by atoms with Gasteiger partial charge in [-0.1, -0.05) is 48.5 Å². The second kappa shape index (κ2) is 10.2. The van der Waals surface area contributed by atoms with Gasteiger partial charge < -0.3 is 19.6 Å². The molecule has 0 aliphatic carbocycles. The number of benzene rings is 2. The smallest absolute Gasteiger partial charge is 0.309 e. The molecule has 4 rings (SSSR count). The number of ether oxygens (including phenoxy) is 1. The maximum Gasteiger partial charge on any atom is 0.309 e. The lowest BCUT2D eigenvalue weighted by Gasteiger charge is -2.37. The van der Waals surface area contributed by atoms with Crippen LogP contribution >= 0.6 is 0 Å². The number of likely N-dealkylation sites (tertiary alicyclic amines) is 2. The number of carbonyl (C=O) groups is 2. The fourth-order valence-electron chi connectivity index (χ4n) is 4.66. The zero-order valence-electron chi connectivity index (χ0n) is 18.2. The lowest BCUT2D eigenvalue weighted by molar-refractivity contribution is -0.152. The van der Waals surface area contributed by atoms with Crippen LogP contribution in [0.2, 0.25) is 0 Å². The summed E-state index contributed by atoms with van der Waals surface area (Å²) in [5, 5.41) is 19.0. The first-order valence-electron chi connectivity index (χ1n) is 11.1. The minimum absolute atomic E-state index is 0.0474. The predicted molar refractivity (Wildman–Crippen MR) is 121 cm³/mol. The van der Waals surface area contributed by atoms with Crippen molar-refractivity contribution in [2.75, 3.05) is 26.2 Å². The van der Waals surface area contributed by atoms with Gasteiger partial charge in [-0.15, -0.1) is 4.99 Å². The summed E-state index contributed by atoms with van der Waals surface area (Å²) in [5.74, 6) is -1.90. The third kappa shape index (κ3) is 5.14. The van der Waals surface area contributed by atoms with E-state index in [0.29, 0.717) is 31.8 Å². The van der Waals surface area contributed by atoms with E-state index in [-0.39, 0.29) is 24.4 Å². The maximum atomic E-state index is 13.3. The standard InChI is InChI=1S/C25H26N4O4/c26-17-27-25(33-20-9-5-2-6-10-20)29-14-12-21(22(16-29)24(31)32)23(30)28-13-11-19(15-28)18-7-3-1-4-8-18/h1-10,19,21-22H,11-16H2,(H,31,32)/t19-,21?,22?/m0/s1. The molecule has 1 amide bonds. The number of amidine groups is 1. The summed E-state index contributed by atoms with van der Waals surface area (Å²) in [5.41, 5.74) is 1.20. The van der Waals surface area contributed by atoms with Crippen LogP contribution < -0.4 is 4.74 Å². The van der Waals surface area contributed by atoms with Gasteiger partial charge >= 0.3 is 12.0 Å². The first kappa shape index (κ1) is 22.3. The number of carbonyl (C=O) groups excluding carboxylic acids is 1. The van der Waals surface area contributed by atoms with Crippen LogP contribution in [0.1, 0.15) is 24.3 Å². The normalized spacial score (nSPS) is 23.1. The lowest BCUT2D eigenvalue weighted by Crippen LogP contribution is -2.52. The number of rotatable bonds is 4. The molecule has 8 nitrogen and oxygen atoms in total. The van der Waals surface area contributed by atoms with Gasteiger partial charge in [-0.2, -0.15) is 5.26 Å². The van der Waals surface area contributed by atoms with Gasteiger partial charge in [0.2, 0.25) is 12.1 Å². The zero-order valence-corrected chi connectivity index (χ0v) is 18.2. The van der Waals surface area contributed by atoms with Crippen LogP contribution in [0.15, 0.2) is 65.7 Å².